The third-order valence-corrected chi connectivity index (χ3v) is 7.38. The van der Waals surface area contributed by atoms with E-state index in [0.29, 0.717) is 10.6 Å². The molecule has 0 saturated carbocycles. The maximum absolute atomic E-state index is 12.3. The molecule has 27 heavy (non-hydrogen) atoms. The molecular formula is C18H18ClN3O2S3. The van der Waals surface area contributed by atoms with Crippen LogP contribution in [0.15, 0.2) is 58.9 Å². The van der Waals surface area contributed by atoms with Gasteiger partial charge >= 0.3 is 0 Å². The van der Waals surface area contributed by atoms with Crippen LogP contribution in [0.25, 0.3) is 0 Å². The average Bonchev–Trinajstić information content (AvgIpc) is 3.08. The second-order valence-corrected chi connectivity index (χ2v) is 10.2. The van der Waals surface area contributed by atoms with E-state index in [1.165, 1.54) is 16.9 Å². The summed E-state index contributed by atoms with van der Waals surface area (Å²) in [6, 6.07) is 17.2. The molecular weight excluding hydrogens is 422 g/mol. The van der Waals surface area contributed by atoms with Crippen molar-refractivity contribution in [1.29, 1.82) is 0 Å². The second kappa shape index (κ2) is 9.54. The Morgan fingerprint density at radius 1 is 1.04 bits per heavy atom. The van der Waals surface area contributed by atoms with Gasteiger partial charge in [0.1, 0.15) is 0 Å². The first-order chi connectivity index (χ1) is 13.0. The zero-order valence-electron chi connectivity index (χ0n) is 14.3. The number of hydrogen-bond donors (Lipinski definition) is 1. The fourth-order valence-corrected chi connectivity index (χ4v) is 5.86. The van der Waals surface area contributed by atoms with Crippen LogP contribution in [0.1, 0.15) is 17.5 Å². The van der Waals surface area contributed by atoms with Gasteiger partial charge in [-0.1, -0.05) is 83.2 Å². The van der Waals surface area contributed by atoms with Crippen LogP contribution in [0.5, 0.6) is 0 Å². The molecule has 3 aromatic rings. The van der Waals surface area contributed by atoms with E-state index in [0.717, 1.165) is 22.9 Å². The molecule has 1 N–H and O–H groups in total. The first kappa shape index (κ1) is 20.1. The molecule has 1 aromatic heterocycles. The van der Waals surface area contributed by atoms with E-state index in [2.05, 4.69) is 27.1 Å². The van der Waals surface area contributed by atoms with Gasteiger partial charge < -0.3 is 0 Å². The van der Waals surface area contributed by atoms with Crippen molar-refractivity contribution >= 4 is 49.9 Å². The van der Waals surface area contributed by atoms with Crippen LogP contribution < -0.4 is 4.72 Å². The standard InChI is InChI=1S/C18H18ClN3O2S3/c19-16-11-5-4-10-15(16)13-27(23,24)22-17-20-21-18(26-17)25-12-6-9-14-7-2-1-3-8-14/h1-5,7-8,10-11H,6,9,12-13H2,(H,20,22). The fraction of sp³-hybridized carbons (Fsp3) is 0.222. The summed E-state index contributed by atoms with van der Waals surface area (Å²) in [6.45, 7) is 0. The first-order valence-electron chi connectivity index (χ1n) is 8.26. The normalized spacial score (nSPS) is 11.4. The largest absolute Gasteiger partial charge is 0.257 e. The first-order valence-corrected chi connectivity index (χ1v) is 12.1. The Kier molecular flexibility index (Phi) is 7.12. The van der Waals surface area contributed by atoms with Crippen molar-refractivity contribution in [3.63, 3.8) is 0 Å². The Balaban J connectivity index is 1.49. The zero-order chi connectivity index (χ0) is 19.1. The highest BCUT2D eigenvalue weighted by Crippen LogP contribution is 2.27. The van der Waals surface area contributed by atoms with E-state index in [1.807, 2.05) is 18.2 Å². The van der Waals surface area contributed by atoms with E-state index >= 15 is 0 Å². The summed E-state index contributed by atoms with van der Waals surface area (Å²) in [5.74, 6) is 0.696. The number of nitrogens with zero attached hydrogens (tertiary/aromatic N) is 2. The highest BCUT2D eigenvalue weighted by atomic mass is 35.5. The number of halogens is 1. The van der Waals surface area contributed by atoms with Crippen molar-refractivity contribution in [2.24, 2.45) is 0 Å². The number of sulfonamides is 1. The second-order valence-electron chi connectivity index (χ2n) is 5.76. The van der Waals surface area contributed by atoms with Gasteiger partial charge in [-0.3, -0.25) is 4.72 Å². The highest BCUT2D eigenvalue weighted by Gasteiger charge is 2.16. The van der Waals surface area contributed by atoms with Gasteiger partial charge in [0.15, 0.2) is 4.34 Å². The van der Waals surface area contributed by atoms with Crippen LogP contribution in [0.3, 0.4) is 0 Å². The minimum absolute atomic E-state index is 0.203. The van der Waals surface area contributed by atoms with Crippen LogP contribution in [-0.4, -0.2) is 24.4 Å². The van der Waals surface area contributed by atoms with Crippen LogP contribution in [0.2, 0.25) is 5.02 Å². The van der Waals surface area contributed by atoms with Crippen LogP contribution in [0, 0.1) is 0 Å². The molecule has 0 unspecified atom stereocenters. The molecule has 0 atom stereocenters. The summed E-state index contributed by atoms with van der Waals surface area (Å²) in [5.41, 5.74) is 1.86. The summed E-state index contributed by atoms with van der Waals surface area (Å²) < 4.78 is 27.8. The van der Waals surface area contributed by atoms with Gasteiger partial charge in [-0.2, -0.15) is 0 Å². The molecule has 3 rings (SSSR count). The molecule has 0 amide bonds. The molecule has 9 heteroatoms. The SMILES string of the molecule is O=S(=O)(Cc1ccccc1Cl)Nc1nnc(SCCCc2ccccc2)s1. The minimum Gasteiger partial charge on any atom is -0.257 e. The summed E-state index contributed by atoms with van der Waals surface area (Å²) >= 11 is 8.85. The van der Waals surface area contributed by atoms with Gasteiger partial charge in [0, 0.05) is 10.8 Å². The van der Waals surface area contributed by atoms with Crippen LogP contribution >= 0.6 is 34.7 Å². The predicted octanol–water partition coefficient (Wildman–Crippen LogP) is 4.86. The third-order valence-electron chi connectivity index (χ3n) is 3.63. The third kappa shape index (κ3) is 6.49. The van der Waals surface area contributed by atoms with Gasteiger partial charge in [0.05, 0.1) is 5.75 Å². The maximum atomic E-state index is 12.3. The quantitative estimate of drug-likeness (QED) is 0.380. The Morgan fingerprint density at radius 2 is 1.78 bits per heavy atom. The van der Waals surface area contributed by atoms with Crippen molar-refractivity contribution in [3.8, 4) is 0 Å². The van der Waals surface area contributed by atoms with Crippen molar-refractivity contribution in [2.45, 2.75) is 22.9 Å². The predicted molar refractivity (Wildman–Crippen MR) is 113 cm³/mol. The summed E-state index contributed by atoms with van der Waals surface area (Å²) in [5, 5.41) is 8.67. The molecule has 0 aliphatic heterocycles. The summed E-state index contributed by atoms with van der Waals surface area (Å²) in [7, 11) is -3.59. The van der Waals surface area contributed by atoms with E-state index in [9.17, 15) is 8.42 Å². The lowest BCUT2D eigenvalue weighted by atomic mass is 10.1. The van der Waals surface area contributed by atoms with Gasteiger partial charge in [0.25, 0.3) is 0 Å². The van der Waals surface area contributed by atoms with Gasteiger partial charge in [-0.05, 0) is 30.0 Å². The molecule has 0 saturated heterocycles. The monoisotopic (exact) mass is 439 g/mol. The fourth-order valence-electron chi connectivity index (χ4n) is 2.38. The van der Waals surface area contributed by atoms with Crippen molar-refractivity contribution in [2.75, 3.05) is 10.5 Å². The number of aromatic nitrogens is 2. The molecule has 142 valence electrons. The van der Waals surface area contributed by atoms with E-state index in [1.54, 1.807) is 36.0 Å². The zero-order valence-corrected chi connectivity index (χ0v) is 17.5. The number of rotatable bonds is 9. The topological polar surface area (TPSA) is 72.0 Å². The van der Waals surface area contributed by atoms with E-state index < -0.39 is 10.0 Å². The Hall–Kier alpha value is -1.61. The molecule has 0 radical (unpaired) electrons. The van der Waals surface area contributed by atoms with Crippen molar-refractivity contribution in [3.05, 3.63) is 70.7 Å². The van der Waals surface area contributed by atoms with Gasteiger partial charge in [-0.15, -0.1) is 10.2 Å². The lowest BCUT2D eigenvalue weighted by Gasteiger charge is -2.06. The van der Waals surface area contributed by atoms with Crippen molar-refractivity contribution < 1.29 is 8.42 Å². The number of anilines is 1. The molecule has 0 aliphatic rings. The Labute approximate surface area is 172 Å². The van der Waals surface area contributed by atoms with Crippen LogP contribution in [0.4, 0.5) is 5.13 Å². The van der Waals surface area contributed by atoms with Gasteiger partial charge in [0.2, 0.25) is 15.2 Å². The van der Waals surface area contributed by atoms with Crippen molar-refractivity contribution in [1.82, 2.24) is 10.2 Å². The molecule has 0 bridgehead atoms. The lowest BCUT2D eigenvalue weighted by molar-refractivity contribution is 0.600. The smallest absolute Gasteiger partial charge is 0.238 e. The number of aryl methyl sites for hydroxylation is 1. The average molecular weight is 440 g/mol. The molecule has 0 spiro atoms. The molecule has 1 heterocycles. The number of benzene rings is 2. The van der Waals surface area contributed by atoms with E-state index in [-0.39, 0.29) is 10.9 Å². The number of thioether (sulfide) groups is 1. The Morgan fingerprint density at radius 3 is 2.56 bits per heavy atom. The summed E-state index contributed by atoms with van der Waals surface area (Å²) in [4.78, 5) is 0. The maximum Gasteiger partial charge on any atom is 0.238 e. The van der Waals surface area contributed by atoms with Crippen LogP contribution in [-0.2, 0) is 22.2 Å². The highest BCUT2D eigenvalue weighted by molar-refractivity contribution is 8.01. The van der Waals surface area contributed by atoms with E-state index in [4.69, 9.17) is 11.6 Å². The molecule has 5 nitrogen and oxygen atoms in total. The Bertz CT molecular complexity index is 978. The van der Waals surface area contributed by atoms with Gasteiger partial charge in [-0.25, -0.2) is 8.42 Å². The lowest BCUT2D eigenvalue weighted by Crippen LogP contribution is -2.15. The molecule has 0 aliphatic carbocycles. The molecule has 0 fully saturated rings. The summed E-state index contributed by atoms with van der Waals surface area (Å²) in [6.07, 6.45) is 2.02. The molecule has 2 aromatic carbocycles. The number of hydrogen-bond acceptors (Lipinski definition) is 6. The minimum atomic E-state index is -3.59. The number of nitrogens with one attached hydrogen (secondary N) is 1.